The summed E-state index contributed by atoms with van der Waals surface area (Å²) in [5.74, 6) is 0.846. The van der Waals surface area contributed by atoms with E-state index in [4.69, 9.17) is 0 Å². The molecule has 0 saturated carbocycles. The molecule has 0 radical (unpaired) electrons. The Morgan fingerprint density at radius 3 is 2.84 bits per heavy atom. The molecular formula is C16H24N2O. The number of aryl methyl sites for hydroxylation is 1. The Kier molecular flexibility index (Phi) is 4.59. The number of benzene rings is 1. The van der Waals surface area contributed by atoms with E-state index in [2.05, 4.69) is 36.6 Å². The monoisotopic (exact) mass is 260 g/mol. The molecule has 1 aliphatic rings. The van der Waals surface area contributed by atoms with Crippen LogP contribution in [0.5, 0.6) is 0 Å². The van der Waals surface area contributed by atoms with Crippen LogP contribution in [0.1, 0.15) is 50.3 Å². The van der Waals surface area contributed by atoms with Gasteiger partial charge in [-0.25, -0.2) is 0 Å². The smallest absolute Gasteiger partial charge is 0.224 e. The number of carbonyl (C=O) groups excluding carboxylic acids is 1. The number of nitrogens with one attached hydrogen (secondary N) is 2. The maximum Gasteiger partial charge on any atom is 0.224 e. The van der Waals surface area contributed by atoms with Gasteiger partial charge in [-0.05, 0) is 43.0 Å². The zero-order chi connectivity index (χ0) is 13.8. The molecule has 1 aromatic carbocycles. The molecule has 0 aliphatic carbocycles. The highest BCUT2D eigenvalue weighted by atomic mass is 16.1. The first-order valence-corrected chi connectivity index (χ1v) is 7.24. The Bertz CT molecular complexity index is 456. The largest absolute Gasteiger partial charge is 0.326 e. The molecule has 0 aromatic heterocycles. The summed E-state index contributed by atoms with van der Waals surface area (Å²) in [6.45, 7) is 4.53. The Balaban J connectivity index is 2.18. The van der Waals surface area contributed by atoms with Crippen molar-refractivity contribution in [3.8, 4) is 0 Å². The molecule has 0 saturated heterocycles. The van der Waals surface area contributed by atoms with Crippen LogP contribution in [-0.4, -0.2) is 13.0 Å². The maximum atomic E-state index is 11.4. The van der Waals surface area contributed by atoms with E-state index in [1.165, 1.54) is 17.5 Å². The topological polar surface area (TPSA) is 41.1 Å². The number of hydrogen-bond donors (Lipinski definition) is 2. The van der Waals surface area contributed by atoms with Crippen molar-refractivity contribution in [1.82, 2.24) is 5.32 Å². The van der Waals surface area contributed by atoms with Crippen molar-refractivity contribution in [3.05, 3.63) is 29.3 Å². The second-order valence-electron chi connectivity index (χ2n) is 5.56. The van der Waals surface area contributed by atoms with Crippen molar-refractivity contribution < 1.29 is 4.79 Å². The number of amides is 1. The molecule has 2 N–H and O–H groups in total. The third kappa shape index (κ3) is 3.35. The van der Waals surface area contributed by atoms with Crippen LogP contribution in [0, 0.1) is 5.92 Å². The van der Waals surface area contributed by atoms with Gasteiger partial charge in [-0.3, -0.25) is 4.79 Å². The summed E-state index contributed by atoms with van der Waals surface area (Å²) in [6, 6.07) is 6.83. The van der Waals surface area contributed by atoms with Crippen molar-refractivity contribution in [2.75, 3.05) is 12.4 Å². The molecule has 104 valence electrons. The van der Waals surface area contributed by atoms with Crippen LogP contribution in [0.2, 0.25) is 0 Å². The van der Waals surface area contributed by atoms with E-state index in [1.807, 2.05) is 13.1 Å². The van der Waals surface area contributed by atoms with Gasteiger partial charge in [0.2, 0.25) is 5.91 Å². The van der Waals surface area contributed by atoms with Crippen molar-refractivity contribution in [3.63, 3.8) is 0 Å². The minimum Gasteiger partial charge on any atom is -0.326 e. The van der Waals surface area contributed by atoms with E-state index in [1.54, 1.807) is 0 Å². The molecule has 19 heavy (non-hydrogen) atoms. The third-order valence-electron chi connectivity index (χ3n) is 4.11. The molecule has 1 heterocycles. The van der Waals surface area contributed by atoms with Gasteiger partial charge < -0.3 is 10.6 Å². The summed E-state index contributed by atoms with van der Waals surface area (Å²) in [5.41, 5.74) is 3.58. The zero-order valence-corrected chi connectivity index (χ0v) is 12.1. The molecule has 3 nitrogen and oxygen atoms in total. The van der Waals surface area contributed by atoms with Crippen molar-refractivity contribution in [2.45, 2.75) is 45.6 Å². The van der Waals surface area contributed by atoms with Gasteiger partial charge in [0.05, 0.1) is 0 Å². The fraction of sp³-hybridized carbons (Fsp3) is 0.562. The molecule has 0 spiro atoms. The second kappa shape index (κ2) is 6.20. The van der Waals surface area contributed by atoms with E-state index in [0.717, 1.165) is 18.5 Å². The van der Waals surface area contributed by atoms with Crippen LogP contribution in [0.25, 0.3) is 0 Å². The molecular weight excluding hydrogens is 236 g/mol. The summed E-state index contributed by atoms with van der Waals surface area (Å²) >= 11 is 0. The van der Waals surface area contributed by atoms with Crippen LogP contribution < -0.4 is 10.6 Å². The standard InChI is InChI=1S/C16H24N2O/c1-4-11(2)9-15(17-3)13-5-7-14-12(10-13)6-8-16(19)18-14/h5,7,10-11,15,17H,4,6,8-9H2,1-3H3,(H,18,19). The van der Waals surface area contributed by atoms with E-state index in [0.29, 0.717) is 18.4 Å². The summed E-state index contributed by atoms with van der Waals surface area (Å²) in [5, 5.41) is 6.35. The van der Waals surface area contributed by atoms with E-state index >= 15 is 0 Å². The van der Waals surface area contributed by atoms with Gasteiger partial charge >= 0.3 is 0 Å². The van der Waals surface area contributed by atoms with Crippen molar-refractivity contribution >= 4 is 11.6 Å². The number of anilines is 1. The zero-order valence-electron chi connectivity index (χ0n) is 12.1. The summed E-state index contributed by atoms with van der Waals surface area (Å²) in [6.07, 6.45) is 3.82. The average Bonchev–Trinajstić information content (AvgIpc) is 2.43. The normalized spacial score (nSPS) is 17.5. The van der Waals surface area contributed by atoms with Crippen LogP contribution in [0.15, 0.2) is 18.2 Å². The Morgan fingerprint density at radius 1 is 1.37 bits per heavy atom. The first-order valence-electron chi connectivity index (χ1n) is 7.24. The van der Waals surface area contributed by atoms with Crippen LogP contribution >= 0.6 is 0 Å². The van der Waals surface area contributed by atoms with E-state index in [9.17, 15) is 4.79 Å². The molecule has 2 atom stereocenters. The average molecular weight is 260 g/mol. The van der Waals surface area contributed by atoms with Crippen LogP contribution in [0.4, 0.5) is 5.69 Å². The summed E-state index contributed by atoms with van der Waals surface area (Å²) in [7, 11) is 2.02. The van der Waals surface area contributed by atoms with Gasteiger partial charge in [-0.2, -0.15) is 0 Å². The molecule has 1 amide bonds. The van der Waals surface area contributed by atoms with Crippen molar-refractivity contribution in [1.29, 1.82) is 0 Å². The number of rotatable bonds is 5. The molecule has 0 fully saturated rings. The highest BCUT2D eigenvalue weighted by molar-refractivity contribution is 5.93. The molecule has 0 bridgehead atoms. The van der Waals surface area contributed by atoms with Crippen LogP contribution in [-0.2, 0) is 11.2 Å². The lowest BCUT2D eigenvalue weighted by Crippen LogP contribution is -2.22. The lowest BCUT2D eigenvalue weighted by Gasteiger charge is -2.23. The summed E-state index contributed by atoms with van der Waals surface area (Å²) < 4.78 is 0. The summed E-state index contributed by atoms with van der Waals surface area (Å²) in [4.78, 5) is 11.4. The number of hydrogen-bond acceptors (Lipinski definition) is 2. The maximum absolute atomic E-state index is 11.4. The van der Waals surface area contributed by atoms with Gasteiger partial charge in [-0.15, -0.1) is 0 Å². The first kappa shape index (κ1) is 14.1. The van der Waals surface area contributed by atoms with Gasteiger partial charge in [0.15, 0.2) is 0 Å². The molecule has 3 heteroatoms. The predicted octanol–water partition coefficient (Wildman–Crippen LogP) is 3.27. The molecule has 2 unspecified atom stereocenters. The van der Waals surface area contributed by atoms with Gasteiger partial charge in [-0.1, -0.05) is 32.4 Å². The fourth-order valence-electron chi connectivity index (χ4n) is 2.61. The fourth-order valence-corrected chi connectivity index (χ4v) is 2.61. The quantitative estimate of drug-likeness (QED) is 0.853. The molecule has 1 aliphatic heterocycles. The van der Waals surface area contributed by atoms with Crippen molar-refractivity contribution in [2.24, 2.45) is 5.92 Å². The number of fused-ring (bicyclic) bond motifs is 1. The number of carbonyl (C=O) groups is 1. The lowest BCUT2D eigenvalue weighted by atomic mass is 9.91. The van der Waals surface area contributed by atoms with E-state index in [-0.39, 0.29) is 5.91 Å². The molecule has 1 aromatic rings. The minimum absolute atomic E-state index is 0.130. The lowest BCUT2D eigenvalue weighted by molar-refractivity contribution is -0.116. The Hall–Kier alpha value is -1.35. The van der Waals surface area contributed by atoms with E-state index < -0.39 is 0 Å². The third-order valence-corrected chi connectivity index (χ3v) is 4.11. The Morgan fingerprint density at radius 2 is 2.16 bits per heavy atom. The first-order chi connectivity index (χ1) is 9.13. The van der Waals surface area contributed by atoms with Crippen LogP contribution in [0.3, 0.4) is 0 Å². The Labute approximate surface area is 115 Å². The SMILES string of the molecule is CCC(C)CC(NC)c1ccc2c(c1)CCC(=O)N2. The van der Waals surface area contributed by atoms with Gasteiger partial charge in [0.25, 0.3) is 0 Å². The minimum atomic E-state index is 0.130. The highest BCUT2D eigenvalue weighted by Gasteiger charge is 2.18. The highest BCUT2D eigenvalue weighted by Crippen LogP contribution is 2.29. The predicted molar refractivity (Wildman–Crippen MR) is 79.3 cm³/mol. The van der Waals surface area contributed by atoms with Gasteiger partial charge in [0.1, 0.15) is 0 Å². The second-order valence-corrected chi connectivity index (χ2v) is 5.56. The van der Waals surface area contributed by atoms with Gasteiger partial charge in [0, 0.05) is 18.2 Å². The molecule has 2 rings (SSSR count).